The lowest BCUT2D eigenvalue weighted by Gasteiger charge is -2.33. The molecule has 1 aliphatic heterocycles. The van der Waals surface area contributed by atoms with Crippen molar-refractivity contribution < 1.29 is 14.4 Å². The van der Waals surface area contributed by atoms with E-state index in [0.29, 0.717) is 13.0 Å². The van der Waals surface area contributed by atoms with Gasteiger partial charge in [-0.1, -0.05) is 5.59 Å². The first-order chi connectivity index (χ1) is 7.63. The van der Waals surface area contributed by atoms with Gasteiger partial charge in [-0.25, -0.2) is 5.84 Å². The summed E-state index contributed by atoms with van der Waals surface area (Å²) < 4.78 is 0. The lowest BCUT2D eigenvalue weighted by Crippen LogP contribution is -2.48. The van der Waals surface area contributed by atoms with E-state index in [1.54, 1.807) is 11.8 Å². The number of hydrogen-bond acceptors (Lipinski definition) is 6. The Morgan fingerprint density at radius 3 is 2.44 bits per heavy atom. The van der Waals surface area contributed by atoms with Gasteiger partial charge < -0.3 is 9.74 Å². The summed E-state index contributed by atoms with van der Waals surface area (Å²) in [5, 5.41) is 0. The van der Waals surface area contributed by atoms with Crippen LogP contribution >= 0.6 is 0 Å². The first-order valence-electron chi connectivity index (χ1n) is 5.26. The van der Waals surface area contributed by atoms with Crippen molar-refractivity contribution in [3.8, 4) is 0 Å². The number of rotatable bonds is 4. The number of nitrogens with one attached hydrogen (secondary N) is 1. The number of nitrogens with zero attached hydrogens (tertiary/aromatic N) is 2. The van der Waals surface area contributed by atoms with Gasteiger partial charge in [0, 0.05) is 39.6 Å². The van der Waals surface area contributed by atoms with Gasteiger partial charge in [-0.3, -0.25) is 14.5 Å². The number of hydrogen-bond donors (Lipinski definition) is 2. The first-order valence-corrected chi connectivity index (χ1v) is 5.26. The Balaban J connectivity index is 2.17. The van der Waals surface area contributed by atoms with Gasteiger partial charge in [-0.2, -0.15) is 0 Å². The molecular weight excluding hydrogens is 212 g/mol. The van der Waals surface area contributed by atoms with Crippen molar-refractivity contribution in [2.45, 2.75) is 13.3 Å². The molecule has 1 rings (SSSR count). The third kappa shape index (κ3) is 4.13. The Kier molecular flexibility index (Phi) is 5.17. The van der Waals surface area contributed by atoms with Gasteiger partial charge in [0.15, 0.2) is 0 Å². The van der Waals surface area contributed by atoms with E-state index in [-0.39, 0.29) is 11.9 Å². The second-order valence-electron chi connectivity index (χ2n) is 3.69. The van der Waals surface area contributed by atoms with Crippen LogP contribution in [-0.2, 0) is 14.4 Å². The summed E-state index contributed by atoms with van der Waals surface area (Å²) in [6.45, 7) is 5.23. The van der Waals surface area contributed by atoms with Crippen LogP contribution in [0.5, 0.6) is 0 Å². The molecule has 1 aliphatic rings. The minimum absolute atomic E-state index is 0.103. The predicted molar refractivity (Wildman–Crippen MR) is 56.7 cm³/mol. The maximum atomic E-state index is 11.1. The van der Waals surface area contributed by atoms with E-state index in [9.17, 15) is 9.59 Å². The Bertz CT molecular complexity index is 251. The summed E-state index contributed by atoms with van der Waals surface area (Å²) in [6, 6.07) is 0. The summed E-state index contributed by atoms with van der Waals surface area (Å²) in [5.74, 6) is 4.56. The summed E-state index contributed by atoms with van der Waals surface area (Å²) in [4.78, 5) is 30.4. The largest absolute Gasteiger partial charge is 0.356 e. The zero-order valence-corrected chi connectivity index (χ0v) is 9.44. The molecular formula is C9H18N4O3. The fraction of sp³-hybridized carbons (Fsp3) is 0.778. The van der Waals surface area contributed by atoms with Crippen LogP contribution in [0.2, 0.25) is 0 Å². The molecule has 16 heavy (non-hydrogen) atoms. The van der Waals surface area contributed by atoms with Gasteiger partial charge in [-0.05, 0) is 0 Å². The fourth-order valence-corrected chi connectivity index (χ4v) is 1.65. The highest BCUT2D eigenvalue weighted by Crippen LogP contribution is 2.02. The average molecular weight is 230 g/mol. The molecule has 0 aromatic heterocycles. The SMILES string of the molecule is CC(=O)N1CCN(CCC(=O)ONN)CC1. The lowest BCUT2D eigenvalue weighted by atomic mass is 10.3. The number of amides is 1. The second kappa shape index (κ2) is 6.41. The average Bonchev–Trinajstić information content (AvgIpc) is 2.27. The molecule has 0 radical (unpaired) electrons. The van der Waals surface area contributed by atoms with Crippen LogP contribution in [0.4, 0.5) is 0 Å². The van der Waals surface area contributed by atoms with E-state index in [1.807, 2.05) is 5.59 Å². The van der Waals surface area contributed by atoms with Crippen molar-refractivity contribution in [3.63, 3.8) is 0 Å². The van der Waals surface area contributed by atoms with Crippen LogP contribution in [0.15, 0.2) is 0 Å². The first kappa shape index (κ1) is 12.9. The zero-order valence-electron chi connectivity index (χ0n) is 9.44. The molecule has 0 aliphatic carbocycles. The highest BCUT2D eigenvalue weighted by molar-refractivity contribution is 5.73. The van der Waals surface area contributed by atoms with Crippen molar-refractivity contribution in [1.82, 2.24) is 15.4 Å². The Labute approximate surface area is 94.4 Å². The van der Waals surface area contributed by atoms with E-state index in [0.717, 1.165) is 26.2 Å². The number of nitrogens with two attached hydrogens (primary N) is 1. The van der Waals surface area contributed by atoms with E-state index < -0.39 is 0 Å². The van der Waals surface area contributed by atoms with Crippen molar-refractivity contribution in [2.24, 2.45) is 5.84 Å². The predicted octanol–water partition coefficient (Wildman–Crippen LogP) is -1.54. The highest BCUT2D eigenvalue weighted by Gasteiger charge is 2.18. The van der Waals surface area contributed by atoms with Crippen LogP contribution in [0.25, 0.3) is 0 Å². The highest BCUT2D eigenvalue weighted by atomic mass is 16.7. The number of carbonyl (C=O) groups excluding carboxylic acids is 2. The van der Waals surface area contributed by atoms with Gasteiger partial charge in [0.2, 0.25) is 5.91 Å². The maximum Gasteiger partial charge on any atom is 0.327 e. The van der Waals surface area contributed by atoms with Crippen LogP contribution in [-0.4, -0.2) is 54.4 Å². The third-order valence-corrected chi connectivity index (χ3v) is 2.62. The van der Waals surface area contributed by atoms with Crippen LogP contribution in [0.1, 0.15) is 13.3 Å². The number of carbonyl (C=O) groups is 2. The molecule has 0 aromatic rings. The molecule has 7 heteroatoms. The van der Waals surface area contributed by atoms with Crippen molar-refractivity contribution in [2.75, 3.05) is 32.7 Å². The summed E-state index contributed by atoms with van der Waals surface area (Å²) in [6.07, 6.45) is 0.296. The lowest BCUT2D eigenvalue weighted by molar-refractivity contribution is -0.151. The zero-order chi connectivity index (χ0) is 12.0. The molecule has 1 heterocycles. The standard InChI is InChI=1S/C9H18N4O3/c1-8(14)13-6-4-12(5-7-13)3-2-9(15)16-11-10/h11H,2-7,10H2,1H3. The summed E-state index contributed by atoms with van der Waals surface area (Å²) >= 11 is 0. The summed E-state index contributed by atoms with van der Waals surface area (Å²) in [7, 11) is 0. The molecule has 92 valence electrons. The molecule has 1 amide bonds. The van der Waals surface area contributed by atoms with Crippen LogP contribution < -0.4 is 11.4 Å². The second-order valence-corrected chi connectivity index (χ2v) is 3.69. The molecule has 0 aromatic carbocycles. The number of hydrazine groups is 1. The van der Waals surface area contributed by atoms with E-state index in [4.69, 9.17) is 5.84 Å². The molecule has 7 nitrogen and oxygen atoms in total. The monoisotopic (exact) mass is 230 g/mol. The topological polar surface area (TPSA) is 87.9 Å². The van der Waals surface area contributed by atoms with Gasteiger partial charge in [0.25, 0.3) is 0 Å². The normalized spacial score (nSPS) is 17.2. The molecule has 0 atom stereocenters. The molecule has 1 saturated heterocycles. The van der Waals surface area contributed by atoms with Crippen molar-refractivity contribution in [3.05, 3.63) is 0 Å². The quantitative estimate of drug-likeness (QED) is 0.449. The van der Waals surface area contributed by atoms with E-state index in [1.165, 1.54) is 0 Å². The third-order valence-electron chi connectivity index (χ3n) is 2.62. The minimum atomic E-state index is -0.378. The Hall–Kier alpha value is -1.18. The number of piperazine rings is 1. The van der Waals surface area contributed by atoms with Gasteiger partial charge in [0.1, 0.15) is 0 Å². The fourth-order valence-electron chi connectivity index (χ4n) is 1.65. The molecule has 0 bridgehead atoms. The Morgan fingerprint density at radius 1 is 1.31 bits per heavy atom. The van der Waals surface area contributed by atoms with Crippen molar-refractivity contribution >= 4 is 11.9 Å². The molecule has 3 N–H and O–H groups in total. The minimum Gasteiger partial charge on any atom is -0.356 e. The van der Waals surface area contributed by atoms with E-state index >= 15 is 0 Å². The molecule has 0 unspecified atom stereocenters. The van der Waals surface area contributed by atoms with Crippen molar-refractivity contribution in [1.29, 1.82) is 0 Å². The van der Waals surface area contributed by atoms with Crippen LogP contribution in [0.3, 0.4) is 0 Å². The smallest absolute Gasteiger partial charge is 0.327 e. The molecule has 0 spiro atoms. The molecule has 1 fully saturated rings. The Morgan fingerprint density at radius 2 is 1.94 bits per heavy atom. The van der Waals surface area contributed by atoms with Gasteiger partial charge >= 0.3 is 5.97 Å². The van der Waals surface area contributed by atoms with E-state index in [2.05, 4.69) is 9.74 Å². The molecule has 0 saturated carbocycles. The van der Waals surface area contributed by atoms with Gasteiger partial charge in [0.05, 0.1) is 6.42 Å². The maximum absolute atomic E-state index is 11.1. The van der Waals surface area contributed by atoms with Crippen LogP contribution in [0, 0.1) is 0 Å². The van der Waals surface area contributed by atoms with Gasteiger partial charge in [-0.15, -0.1) is 0 Å². The summed E-state index contributed by atoms with van der Waals surface area (Å²) in [5.41, 5.74) is 1.86.